The molecule has 1 saturated heterocycles. The lowest BCUT2D eigenvalue weighted by Crippen LogP contribution is -2.44. The molecule has 0 aromatic heterocycles. The molecular weight excluding hydrogens is 337 g/mol. The molecule has 2 rings (SSSR count). The van der Waals surface area contributed by atoms with Crippen LogP contribution in [-0.4, -0.2) is 18.2 Å². The topological polar surface area (TPSA) is 21.3 Å². The molecule has 2 nitrogen and oxygen atoms in total. The van der Waals surface area contributed by atoms with Gasteiger partial charge in [-0.1, -0.05) is 12.1 Å². The van der Waals surface area contributed by atoms with Crippen molar-refractivity contribution in [2.24, 2.45) is 0 Å². The molecular formula is C15H22INO. The SMILES string of the molecule is CC(NC1CCOC(C)(C)C1)c1ccc(I)cc1. The molecule has 1 heterocycles. The summed E-state index contributed by atoms with van der Waals surface area (Å²) < 4.78 is 7.05. The van der Waals surface area contributed by atoms with E-state index in [1.165, 1.54) is 9.13 Å². The van der Waals surface area contributed by atoms with Crippen molar-refractivity contribution in [3.63, 3.8) is 0 Å². The predicted octanol–water partition coefficient (Wildman–Crippen LogP) is 3.90. The number of nitrogens with one attached hydrogen (secondary N) is 1. The molecule has 0 spiro atoms. The average molecular weight is 359 g/mol. The van der Waals surface area contributed by atoms with Crippen molar-refractivity contribution >= 4 is 22.6 Å². The smallest absolute Gasteiger partial charge is 0.0641 e. The quantitative estimate of drug-likeness (QED) is 0.827. The van der Waals surface area contributed by atoms with Crippen molar-refractivity contribution < 1.29 is 4.74 Å². The van der Waals surface area contributed by atoms with E-state index in [1.807, 2.05) is 0 Å². The van der Waals surface area contributed by atoms with Crippen LogP contribution in [0.1, 0.15) is 45.2 Å². The van der Waals surface area contributed by atoms with Crippen LogP contribution in [0.3, 0.4) is 0 Å². The van der Waals surface area contributed by atoms with Crippen LogP contribution in [0.25, 0.3) is 0 Å². The van der Waals surface area contributed by atoms with E-state index >= 15 is 0 Å². The minimum absolute atomic E-state index is 0.0156. The minimum Gasteiger partial charge on any atom is -0.375 e. The zero-order valence-electron chi connectivity index (χ0n) is 11.4. The number of halogens is 1. The average Bonchev–Trinajstić information content (AvgIpc) is 2.28. The van der Waals surface area contributed by atoms with E-state index in [9.17, 15) is 0 Å². The molecule has 1 aromatic carbocycles. The molecule has 1 aromatic rings. The zero-order valence-corrected chi connectivity index (χ0v) is 13.5. The third kappa shape index (κ3) is 3.93. The van der Waals surface area contributed by atoms with Gasteiger partial charge in [0, 0.05) is 22.3 Å². The summed E-state index contributed by atoms with van der Waals surface area (Å²) in [6.45, 7) is 7.46. The first-order valence-electron chi connectivity index (χ1n) is 6.62. The van der Waals surface area contributed by atoms with Crippen molar-refractivity contribution in [3.05, 3.63) is 33.4 Å². The Hall–Kier alpha value is -0.130. The second-order valence-electron chi connectivity index (χ2n) is 5.74. The molecule has 0 bridgehead atoms. The summed E-state index contributed by atoms with van der Waals surface area (Å²) in [6, 6.07) is 9.72. The van der Waals surface area contributed by atoms with Crippen LogP contribution < -0.4 is 5.32 Å². The highest BCUT2D eigenvalue weighted by Crippen LogP contribution is 2.26. The lowest BCUT2D eigenvalue weighted by molar-refractivity contribution is -0.0639. The number of rotatable bonds is 3. The van der Waals surface area contributed by atoms with Gasteiger partial charge < -0.3 is 10.1 Å². The third-order valence-electron chi connectivity index (χ3n) is 3.55. The summed E-state index contributed by atoms with van der Waals surface area (Å²) in [5.41, 5.74) is 1.38. The van der Waals surface area contributed by atoms with Crippen LogP contribution in [0.2, 0.25) is 0 Å². The van der Waals surface area contributed by atoms with E-state index in [0.717, 1.165) is 19.4 Å². The molecule has 2 unspecified atom stereocenters. The maximum absolute atomic E-state index is 5.76. The second-order valence-corrected chi connectivity index (χ2v) is 6.98. The van der Waals surface area contributed by atoms with Crippen LogP contribution in [0.4, 0.5) is 0 Å². The Labute approximate surface area is 124 Å². The lowest BCUT2D eigenvalue weighted by Gasteiger charge is -2.37. The second kappa shape index (κ2) is 5.88. The Morgan fingerprint density at radius 3 is 2.61 bits per heavy atom. The molecule has 0 aliphatic carbocycles. The molecule has 1 aliphatic heterocycles. The molecule has 3 heteroatoms. The van der Waals surface area contributed by atoms with Crippen LogP contribution in [-0.2, 0) is 4.74 Å². The summed E-state index contributed by atoms with van der Waals surface area (Å²) in [5.74, 6) is 0. The first-order valence-corrected chi connectivity index (χ1v) is 7.70. The first kappa shape index (κ1) is 14.3. The molecule has 1 N–H and O–H groups in total. The highest BCUT2D eigenvalue weighted by Gasteiger charge is 2.29. The highest BCUT2D eigenvalue weighted by molar-refractivity contribution is 14.1. The van der Waals surface area contributed by atoms with Crippen molar-refractivity contribution in [2.75, 3.05) is 6.61 Å². The Bertz CT molecular complexity index is 388. The van der Waals surface area contributed by atoms with E-state index in [0.29, 0.717) is 12.1 Å². The summed E-state index contributed by atoms with van der Waals surface area (Å²) in [5, 5.41) is 3.73. The van der Waals surface area contributed by atoms with Gasteiger partial charge in [0.15, 0.2) is 0 Å². The van der Waals surface area contributed by atoms with Crippen LogP contribution >= 0.6 is 22.6 Å². The van der Waals surface area contributed by atoms with Gasteiger partial charge >= 0.3 is 0 Å². The van der Waals surface area contributed by atoms with Gasteiger partial charge in [0.05, 0.1) is 5.60 Å². The largest absolute Gasteiger partial charge is 0.375 e. The number of benzene rings is 1. The number of hydrogen-bond acceptors (Lipinski definition) is 2. The summed E-state index contributed by atoms with van der Waals surface area (Å²) >= 11 is 2.34. The summed E-state index contributed by atoms with van der Waals surface area (Å²) in [6.07, 6.45) is 2.19. The fourth-order valence-corrected chi connectivity index (χ4v) is 2.93. The van der Waals surface area contributed by atoms with E-state index in [-0.39, 0.29) is 5.60 Å². The Balaban J connectivity index is 1.94. The Kier molecular flexibility index (Phi) is 4.67. The van der Waals surface area contributed by atoms with Crippen molar-refractivity contribution in [2.45, 2.75) is 51.3 Å². The van der Waals surface area contributed by atoms with E-state index in [1.54, 1.807) is 0 Å². The number of ether oxygens (including phenoxy) is 1. The summed E-state index contributed by atoms with van der Waals surface area (Å²) in [7, 11) is 0. The van der Waals surface area contributed by atoms with E-state index in [4.69, 9.17) is 4.74 Å². The fourth-order valence-electron chi connectivity index (χ4n) is 2.58. The van der Waals surface area contributed by atoms with Crippen LogP contribution in [0.5, 0.6) is 0 Å². The van der Waals surface area contributed by atoms with Crippen molar-refractivity contribution in [1.82, 2.24) is 5.32 Å². The molecule has 18 heavy (non-hydrogen) atoms. The molecule has 0 amide bonds. The van der Waals surface area contributed by atoms with Gasteiger partial charge in [0.2, 0.25) is 0 Å². The molecule has 1 aliphatic rings. The summed E-state index contributed by atoms with van der Waals surface area (Å²) in [4.78, 5) is 0. The molecule has 1 fully saturated rings. The lowest BCUT2D eigenvalue weighted by atomic mass is 9.93. The van der Waals surface area contributed by atoms with Crippen LogP contribution in [0, 0.1) is 3.57 Å². The standard InChI is InChI=1S/C15H22INO/c1-11(12-4-6-13(16)7-5-12)17-14-8-9-18-15(2,3)10-14/h4-7,11,14,17H,8-10H2,1-3H3. The minimum atomic E-state index is 0.0156. The maximum Gasteiger partial charge on any atom is 0.0641 e. The fraction of sp³-hybridized carbons (Fsp3) is 0.600. The number of hydrogen-bond donors (Lipinski definition) is 1. The van der Waals surface area contributed by atoms with E-state index in [2.05, 4.69) is 72.9 Å². The maximum atomic E-state index is 5.76. The molecule has 0 radical (unpaired) electrons. The van der Waals surface area contributed by atoms with Crippen molar-refractivity contribution in [3.8, 4) is 0 Å². The van der Waals surface area contributed by atoms with Gasteiger partial charge in [-0.3, -0.25) is 0 Å². The highest BCUT2D eigenvalue weighted by atomic mass is 127. The van der Waals surface area contributed by atoms with Crippen molar-refractivity contribution in [1.29, 1.82) is 0 Å². The molecule has 100 valence electrons. The normalized spacial score (nSPS) is 24.8. The monoisotopic (exact) mass is 359 g/mol. The molecule has 0 saturated carbocycles. The predicted molar refractivity (Wildman–Crippen MR) is 83.8 cm³/mol. The van der Waals surface area contributed by atoms with Gasteiger partial charge in [0.1, 0.15) is 0 Å². The van der Waals surface area contributed by atoms with Gasteiger partial charge in [0.25, 0.3) is 0 Å². The first-order chi connectivity index (χ1) is 8.46. The van der Waals surface area contributed by atoms with E-state index < -0.39 is 0 Å². The zero-order chi connectivity index (χ0) is 13.2. The van der Waals surface area contributed by atoms with Gasteiger partial charge in [-0.2, -0.15) is 0 Å². The Morgan fingerprint density at radius 2 is 2.00 bits per heavy atom. The molecule has 2 atom stereocenters. The van der Waals surface area contributed by atoms with Gasteiger partial charge in [-0.25, -0.2) is 0 Å². The van der Waals surface area contributed by atoms with Gasteiger partial charge in [-0.05, 0) is 73.9 Å². The van der Waals surface area contributed by atoms with Crippen LogP contribution in [0.15, 0.2) is 24.3 Å². The third-order valence-corrected chi connectivity index (χ3v) is 4.27. The van der Waals surface area contributed by atoms with Gasteiger partial charge in [-0.15, -0.1) is 0 Å². The Morgan fingerprint density at radius 1 is 1.33 bits per heavy atom.